The van der Waals surface area contributed by atoms with Gasteiger partial charge in [-0.05, 0) is 74.4 Å². The smallest absolute Gasteiger partial charge is 0.274 e. The lowest BCUT2D eigenvalue weighted by Crippen LogP contribution is -2.13. The number of hydrogen-bond donors (Lipinski definition) is 2. The van der Waals surface area contributed by atoms with Gasteiger partial charge in [0.2, 0.25) is 0 Å². The van der Waals surface area contributed by atoms with Crippen LogP contribution >= 0.6 is 0 Å². The van der Waals surface area contributed by atoms with Crippen LogP contribution in [-0.2, 0) is 0 Å². The summed E-state index contributed by atoms with van der Waals surface area (Å²) in [5.74, 6) is 0.521. The van der Waals surface area contributed by atoms with E-state index in [1.54, 1.807) is 24.4 Å². The molecule has 0 aliphatic rings. The highest BCUT2D eigenvalue weighted by Gasteiger charge is 2.08. The van der Waals surface area contributed by atoms with Crippen molar-refractivity contribution in [2.45, 2.75) is 20.8 Å². The second-order valence-electron chi connectivity index (χ2n) is 6.22. The largest absolute Gasteiger partial charge is 0.494 e. The van der Waals surface area contributed by atoms with Crippen LogP contribution in [-0.4, -0.2) is 17.5 Å². The molecule has 27 heavy (non-hydrogen) atoms. The quantitative estimate of drug-likeness (QED) is 0.642. The summed E-state index contributed by atoms with van der Waals surface area (Å²) in [6, 6.07) is 16.9. The molecular formula is C22H23N3O2. The summed E-state index contributed by atoms with van der Waals surface area (Å²) in [7, 11) is 0. The normalized spacial score (nSPS) is 10.3. The van der Waals surface area contributed by atoms with Crippen LogP contribution in [0.5, 0.6) is 5.75 Å². The number of aryl methyl sites for hydroxylation is 1. The van der Waals surface area contributed by atoms with E-state index >= 15 is 0 Å². The molecule has 3 rings (SSSR count). The van der Waals surface area contributed by atoms with Crippen molar-refractivity contribution in [2.75, 3.05) is 17.2 Å². The molecule has 1 aromatic heterocycles. The highest BCUT2D eigenvalue weighted by Crippen LogP contribution is 2.22. The molecule has 5 heteroatoms. The Hall–Kier alpha value is -3.34. The number of anilines is 3. The van der Waals surface area contributed by atoms with E-state index in [0.29, 0.717) is 18.0 Å². The summed E-state index contributed by atoms with van der Waals surface area (Å²) < 4.78 is 5.40. The van der Waals surface area contributed by atoms with Gasteiger partial charge in [-0.25, -0.2) is 4.98 Å². The number of benzene rings is 2. The Morgan fingerprint density at radius 2 is 1.74 bits per heavy atom. The van der Waals surface area contributed by atoms with Crippen molar-refractivity contribution >= 4 is 23.0 Å². The number of carbonyl (C=O) groups excluding carboxylic acids is 1. The van der Waals surface area contributed by atoms with Crippen molar-refractivity contribution in [1.29, 1.82) is 0 Å². The maximum absolute atomic E-state index is 12.4. The first-order chi connectivity index (χ1) is 13.1. The van der Waals surface area contributed by atoms with Crippen LogP contribution in [0.2, 0.25) is 0 Å². The number of nitrogens with zero attached hydrogens (tertiary/aromatic N) is 1. The topological polar surface area (TPSA) is 63.2 Å². The number of amides is 1. The molecule has 3 aromatic rings. The lowest BCUT2D eigenvalue weighted by Gasteiger charge is -2.11. The molecule has 2 N–H and O–H groups in total. The molecule has 0 unspecified atom stereocenters. The summed E-state index contributed by atoms with van der Waals surface area (Å²) in [6.45, 7) is 6.69. The van der Waals surface area contributed by atoms with Crippen molar-refractivity contribution in [1.82, 2.24) is 4.98 Å². The zero-order valence-corrected chi connectivity index (χ0v) is 15.7. The van der Waals surface area contributed by atoms with Crippen LogP contribution in [0.15, 0.2) is 60.8 Å². The van der Waals surface area contributed by atoms with Gasteiger partial charge in [-0.3, -0.25) is 4.79 Å². The first-order valence-corrected chi connectivity index (χ1v) is 8.90. The minimum atomic E-state index is -0.252. The highest BCUT2D eigenvalue weighted by atomic mass is 16.5. The number of ether oxygens (including phenoxy) is 1. The first-order valence-electron chi connectivity index (χ1n) is 8.90. The average Bonchev–Trinajstić information content (AvgIpc) is 2.68. The van der Waals surface area contributed by atoms with Crippen molar-refractivity contribution < 1.29 is 9.53 Å². The Balaban J connectivity index is 1.65. The first kappa shape index (κ1) is 18.5. The summed E-state index contributed by atoms with van der Waals surface area (Å²) in [5, 5.41) is 6.17. The van der Waals surface area contributed by atoms with Crippen LogP contribution in [0, 0.1) is 13.8 Å². The third kappa shape index (κ3) is 4.64. The summed E-state index contributed by atoms with van der Waals surface area (Å²) in [6.07, 6.45) is 1.66. The Morgan fingerprint density at radius 1 is 1.00 bits per heavy atom. The molecule has 0 bridgehead atoms. The molecule has 0 aliphatic carbocycles. The fourth-order valence-electron chi connectivity index (χ4n) is 2.64. The van der Waals surface area contributed by atoms with Gasteiger partial charge in [-0.1, -0.05) is 12.1 Å². The van der Waals surface area contributed by atoms with Gasteiger partial charge in [0.25, 0.3) is 5.91 Å². The molecule has 0 radical (unpaired) electrons. The van der Waals surface area contributed by atoms with Crippen LogP contribution in [0.25, 0.3) is 0 Å². The monoisotopic (exact) mass is 361 g/mol. The second-order valence-corrected chi connectivity index (χ2v) is 6.22. The molecule has 0 fully saturated rings. The van der Waals surface area contributed by atoms with Gasteiger partial charge in [0.15, 0.2) is 0 Å². The second kappa shape index (κ2) is 8.36. The number of nitrogens with one attached hydrogen (secondary N) is 2. The van der Waals surface area contributed by atoms with Gasteiger partial charge in [-0.2, -0.15) is 0 Å². The van der Waals surface area contributed by atoms with Crippen LogP contribution in [0.4, 0.5) is 17.1 Å². The number of rotatable bonds is 6. The molecule has 0 saturated heterocycles. The minimum Gasteiger partial charge on any atom is -0.494 e. The molecule has 1 heterocycles. The van der Waals surface area contributed by atoms with E-state index in [-0.39, 0.29) is 5.91 Å². The zero-order chi connectivity index (χ0) is 19.2. The van der Waals surface area contributed by atoms with Crippen molar-refractivity contribution in [3.63, 3.8) is 0 Å². The fraction of sp³-hybridized carbons (Fsp3) is 0.182. The van der Waals surface area contributed by atoms with E-state index in [0.717, 1.165) is 17.1 Å². The lowest BCUT2D eigenvalue weighted by molar-refractivity contribution is 0.102. The summed E-state index contributed by atoms with van der Waals surface area (Å²) >= 11 is 0. The van der Waals surface area contributed by atoms with E-state index in [4.69, 9.17) is 4.74 Å². The van der Waals surface area contributed by atoms with Crippen molar-refractivity contribution in [3.8, 4) is 5.75 Å². The molecular weight excluding hydrogens is 338 g/mol. The van der Waals surface area contributed by atoms with Crippen LogP contribution in [0.3, 0.4) is 0 Å². The molecule has 0 atom stereocenters. The van der Waals surface area contributed by atoms with Crippen molar-refractivity contribution in [3.05, 3.63) is 77.6 Å². The van der Waals surface area contributed by atoms with Gasteiger partial charge < -0.3 is 15.4 Å². The van der Waals surface area contributed by atoms with Crippen LogP contribution < -0.4 is 15.4 Å². The van der Waals surface area contributed by atoms with Gasteiger partial charge >= 0.3 is 0 Å². The number of carbonyl (C=O) groups is 1. The summed E-state index contributed by atoms with van der Waals surface area (Å²) in [4.78, 5) is 16.6. The van der Waals surface area contributed by atoms with E-state index in [9.17, 15) is 4.79 Å². The predicted molar refractivity (Wildman–Crippen MR) is 109 cm³/mol. The Bertz CT molecular complexity index is 919. The highest BCUT2D eigenvalue weighted by molar-refractivity contribution is 6.03. The minimum absolute atomic E-state index is 0.252. The van der Waals surface area contributed by atoms with Gasteiger partial charge in [0.05, 0.1) is 18.5 Å². The van der Waals surface area contributed by atoms with E-state index in [2.05, 4.69) is 35.5 Å². The van der Waals surface area contributed by atoms with E-state index in [1.807, 2.05) is 37.3 Å². The zero-order valence-electron chi connectivity index (χ0n) is 15.7. The molecule has 0 aliphatic heterocycles. The summed E-state index contributed by atoms with van der Waals surface area (Å²) in [5.41, 5.74) is 5.33. The van der Waals surface area contributed by atoms with Crippen LogP contribution in [0.1, 0.15) is 28.5 Å². The molecule has 2 aromatic carbocycles. The molecule has 5 nitrogen and oxygen atoms in total. The average molecular weight is 361 g/mol. The van der Waals surface area contributed by atoms with E-state index in [1.165, 1.54) is 11.1 Å². The molecule has 138 valence electrons. The third-order valence-electron chi connectivity index (χ3n) is 4.30. The SMILES string of the molecule is CCOc1ccc(NC(=O)c2ccc(Nc3cccc(C)c3C)cn2)cc1. The fourth-order valence-corrected chi connectivity index (χ4v) is 2.64. The Morgan fingerprint density at radius 3 is 2.41 bits per heavy atom. The number of aromatic nitrogens is 1. The predicted octanol–water partition coefficient (Wildman–Crippen LogP) is 5.09. The molecule has 0 saturated carbocycles. The number of hydrogen-bond acceptors (Lipinski definition) is 4. The Kier molecular flexibility index (Phi) is 5.71. The maximum Gasteiger partial charge on any atom is 0.274 e. The molecule has 0 spiro atoms. The van der Waals surface area contributed by atoms with Gasteiger partial charge in [0.1, 0.15) is 11.4 Å². The van der Waals surface area contributed by atoms with Gasteiger partial charge in [-0.15, -0.1) is 0 Å². The van der Waals surface area contributed by atoms with Gasteiger partial charge in [0, 0.05) is 11.4 Å². The van der Waals surface area contributed by atoms with Crippen molar-refractivity contribution in [2.24, 2.45) is 0 Å². The maximum atomic E-state index is 12.4. The Labute approximate surface area is 159 Å². The van der Waals surface area contributed by atoms with E-state index < -0.39 is 0 Å². The number of pyridine rings is 1. The molecule has 1 amide bonds. The lowest BCUT2D eigenvalue weighted by atomic mass is 10.1. The standard InChI is InChI=1S/C22H23N3O2/c1-4-27-19-11-8-17(9-12-19)25-22(26)21-13-10-18(14-23-21)24-20-7-5-6-15(2)16(20)3/h5-14,24H,4H2,1-3H3,(H,25,26). The third-order valence-corrected chi connectivity index (χ3v) is 4.30.